The molecule has 4 atom stereocenters. The van der Waals surface area contributed by atoms with E-state index in [9.17, 15) is 29.4 Å². The summed E-state index contributed by atoms with van der Waals surface area (Å²) in [6.07, 6.45) is 0.229. The SMILES string of the molecule is CC(C)CC(NC(=O)C(Cc1ccc(O)cc1)NC(=O)C(CS)NC(=O)C(N)CS)C(=O)O. The predicted molar refractivity (Wildman–Crippen MR) is 130 cm³/mol. The van der Waals surface area contributed by atoms with Gasteiger partial charge >= 0.3 is 5.97 Å². The molecule has 1 aromatic carbocycles. The molecule has 0 aliphatic rings. The largest absolute Gasteiger partial charge is 0.508 e. The van der Waals surface area contributed by atoms with E-state index in [2.05, 4.69) is 41.2 Å². The molecule has 0 aliphatic heterocycles. The zero-order valence-corrected chi connectivity index (χ0v) is 20.3. The number of aromatic hydroxyl groups is 1. The number of phenolic OH excluding ortho intramolecular Hbond substituents is 1. The highest BCUT2D eigenvalue weighted by molar-refractivity contribution is 7.80. The molecule has 1 aromatic rings. The second kappa shape index (κ2) is 14.0. The second-order valence-electron chi connectivity index (χ2n) is 7.99. The van der Waals surface area contributed by atoms with Crippen LogP contribution < -0.4 is 21.7 Å². The van der Waals surface area contributed by atoms with Gasteiger partial charge in [0.15, 0.2) is 0 Å². The van der Waals surface area contributed by atoms with Crippen molar-refractivity contribution in [2.75, 3.05) is 11.5 Å². The van der Waals surface area contributed by atoms with E-state index in [1.165, 1.54) is 12.1 Å². The fourth-order valence-electron chi connectivity index (χ4n) is 2.87. The van der Waals surface area contributed by atoms with Crippen molar-refractivity contribution in [3.05, 3.63) is 29.8 Å². The molecule has 4 unspecified atom stereocenters. The Morgan fingerprint density at radius 3 is 1.88 bits per heavy atom. The Kier molecular flexibility index (Phi) is 12.1. The lowest BCUT2D eigenvalue weighted by molar-refractivity contribution is -0.142. The van der Waals surface area contributed by atoms with Crippen LogP contribution in [0.25, 0.3) is 0 Å². The first-order valence-electron chi connectivity index (χ1n) is 10.4. The summed E-state index contributed by atoms with van der Waals surface area (Å²) < 4.78 is 0. The number of aliphatic carboxylic acids is 1. The van der Waals surface area contributed by atoms with Gasteiger partial charge in [-0.05, 0) is 30.0 Å². The van der Waals surface area contributed by atoms with Gasteiger partial charge in [-0.1, -0.05) is 26.0 Å². The molecule has 12 heteroatoms. The number of benzene rings is 1. The number of hydrogen-bond donors (Lipinski definition) is 8. The first kappa shape index (κ1) is 28.6. The van der Waals surface area contributed by atoms with Crippen LogP contribution in [0.4, 0.5) is 0 Å². The van der Waals surface area contributed by atoms with Crippen LogP contribution in [0, 0.1) is 5.92 Å². The first-order valence-corrected chi connectivity index (χ1v) is 11.6. The molecule has 0 bridgehead atoms. The number of nitrogens with one attached hydrogen (secondary N) is 3. The maximum Gasteiger partial charge on any atom is 0.326 e. The number of phenols is 1. The summed E-state index contributed by atoms with van der Waals surface area (Å²) in [6, 6.07) is 1.74. The Morgan fingerprint density at radius 2 is 1.39 bits per heavy atom. The molecule has 7 N–H and O–H groups in total. The fraction of sp³-hybridized carbons (Fsp3) is 0.524. The van der Waals surface area contributed by atoms with Crippen molar-refractivity contribution in [2.45, 2.75) is 50.9 Å². The number of nitrogens with two attached hydrogens (primary N) is 1. The smallest absolute Gasteiger partial charge is 0.326 e. The monoisotopic (exact) mass is 500 g/mol. The number of carboxylic acids is 1. The molecule has 0 saturated carbocycles. The highest BCUT2D eigenvalue weighted by Gasteiger charge is 2.30. The van der Waals surface area contributed by atoms with Gasteiger partial charge in [0.25, 0.3) is 0 Å². The van der Waals surface area contributed by atoms with E-state index in [1.54, 1.807) is 12.1 Å². The maximum absolute atomic E-state index is 13.0. The van der Waals surface area contributed by atoms with E-state index in [4.69, 9.17) is 5.73 Å². The molecule has 0 aromatic heterocycles. The number of carbonyl (C=O) groups is 4. The Bertz CT molecular complexity index is 821. The van der Waals surface area contributed by atoms with Crippen LogP contribution in [-0.2, 0) is 25.6 Å². The van der Waals surface area contributed by atoms with Gasteiger partial charge in [-0.3, -0.25) is 14.4 Å². The third-order valence-corrected chi connectivity index (χ3v) is 5.44. The third-order valence-electron chi connectivity index (χ3n) is 4.68. The molecular weight excluding hydrogens is 468 g/mol. The van der Waals surface area contributed by atoms with Gasteiger partial charge in [-0.15, -0.1) is 0 Å². The van der Waals surface area contributed by atoms with E-state index < -0.39 is 47.9 Å². The maximum atomic E-state index is 13.0. The van der Waals surface area contributed by atoms with Gasteiger partial charge in [-0.25, -0.2) is 4.79 Å². The normalized spacial score (nSPS) is 14.6. The minimum atomic E-state index is -1.19. The number of thiol groups is 2. The summed E-state index contributed by atoms with van der Waals surface area (Å²) in [7, 11) is 0. The van der Waals surface area contributed by atoms with Gasteiger partial charge in [-0.2, -0.15) is 25.3 Å². The number of hydrogen-bond acceptors (Lipinski definition) is 8. The standard InChI is InChI=1S/C21H32N4O6S2/c1-11(2)7-16(21(30)31)24-19(28)15(8-12-3-5-13(26)6-4-12)23-20(29)17(10-33)25-18(27)14(22)9-32/h3-6,11,14-17,26,32-33H,7-10,22H2,1-2H3,(H,23,29)(H,24,28)(H,25,27)(H,30,31). The van der Waals surface area contributed by atoms with E-state index in [0.29, 0.717) is 5.56 Å². The van der Waals surface area contributed by atoms with Crippen LogP contribution in [0.1, 0.15) is 25.8 Å². The highest BCUT2D eigenvalue weighted by Crippen LogP contribution is 2.12. The Hall–Kier alpha value is -2.44. The van der Waals surface area contributed by atoms with Crippen molar-refractivity contribution in [3.8, 4) is 5.75 Å². The van der Waals surface area contributed by atoms with Crippen molar-refractivity contribution >= 4 is 48.9 Å². The molecule has 0 saturated heterocycles. The van der Waals surface area contributed by atoms with Crippen LogP contribution in [0.3, 0.4) is 0 Å². The summed E-state index contributed by atoms with van der Waals surface area (Å²) in [4.78, 5) is 49.4. The Morgan fingerprint density at radius 1 is 0.879 bits per heavy atom. The fourth-order valence-corrected chi connectivity index (χ4v) is 3.29. The van der Waals surface area contributed by atoms with Crippen LogP contribution >= 0.6 is 25.3 Å². The Balaban J connectivity index is 3.06. The molecule has 0 radical (unpaired) electrons. The van der Waals surface area contributed by atoms with Crippen molar-refractivity contribution < 1.29 is 29.4 Å². The lowest BCUT2D eigenvalue weighted by Crippen LogP contribution is -2.58. The third kappa shape index (κ3) is 9.93. The first-order chi connectivity index (χ1) is 15.5. The van der Waals surface area contributed by atoms with Crippen LogP contribution in [0.15, 0.2) is 24.3 Å². The molecule has 1 rings (SSSR count). The molecule has 184 valence electrons. The van der Waals surface area contributed by atoms with Crippen molar-refractivity contribution in [1.29, 1.82) is 0 Å². The zero-order chi connectivity index (χ0) is 25.1. The average Bonchev–Trinajstić information content (AvgIpc) is 2.76. The lowest BCUT2D eigenvalue weighted by Gasteiger charge is -2.25. The van der Waals surface area contributed by atoms with Gasteiger partial charge in [0.1, 0.15) is 23.9 Å². The number of carboxylic acid groups (broad SMARTS) is 1. The van der Waals surface area contributed by atoms with E-state index in [0.717, 1.165) is 0 Å². The second-order valence-corrected chi connectivity index (χ2v) is 8.72. The summed E-state index contributed by atoms with van der Waals surface area (Å²) in [6.45, 7) is 3.65. The molecule has 0 aliphatic carbocycles. The number of amides is 3. The van der Waals surface area contributed by atoms with E-state index in [1.807, 2.05) is 13.8 Å². The van der Waals surface area contributed by atoms with Crippen LogP contribution in [0.5, 0.6) is 5.75 Å². The molecular formula is C21H32N4O6S2. The summed E-state index contributed by atoms with van der Waals surface area (Å²) in [5.74, 6) is -3.10. The summed E-state index contributed by atoms with van der Waals surface area (Å²) in [5, 5.41) is 26.4. The zero-order valence-electron chi connectivity index (χ0n) is 18.5. The van der Waals surface area contributed by atoms with Crippen molar-refractivity contribution in [3.63, 3.8) is 0 Å². The highest BCUT2D eigenvalue weighted by atomic mass is 32.1. The van der Waals surface area contributed by atoms with E-state index in [-0.39, 0.29) is 36.0 Å². The predicted octanol–water partition coefficient (Wildman–Crippen LogP) is -0.293. The van der Waals surface area contributed by atoms with Crippen LogP contribution in [0.2, 0.25) is 0 Å². The summed E-state index contributed by atoms with van der Waals surface area (Å²) in [5.41, 5.74) is 6.24. The molecule has 10 nitrogen and oxygen atoms in total. The van der Waals surface area contributed by atoms with Gasteiger partial charge in [0.2, 0.25) is 17.7 Å². The van der Waals surface area contributed by atoms with Crippen molar-refractivity contribution in [1.82, 2.24) is 16.0 Å². The lowest BCUT2D eigenvalue weighted by atomic mass is 10.0. The number of carbonyl (C=O) groups excluding carboxylic acids is 3. The molecule has 0 heterocycles. The van der Waals surface area contributed by atoms with Gasteiger partial charge in [0.05, 0.1) is 6.04 Å². The molecule has 0 spiro atoms. The topological polar surface area (TPSA) is 171 Å². The molecule has 33 heavy (non-hydrogen) atoms. The molecule has 0 fully saturated rings. The van der Waals surface area contributed by atoms with Gasteiger partial charge < -0.3 is 31.9 Å². The van der Waals surface area contributed by atoms with Crippen LogP contribution in [-0.4, -0.2) is 69.6 Å². The quantitative estimate of drug-likeness (QED) is 0.172. The average molecular weight is 501 g/mol. The minimum absolute atomic E-state index is 0.0105. The van der Waals surface area contributed by atoms with Crippen molar-refractivity contribution in [2.24, 2.45) is 11.7 Å². The van der Waals surface area contributed by atoms with E-state index >= 15 is 0 Å². The summed E-state index contributed by atoms with van der Waals surface area (Å²) >= 11 is 8.04. The number of rotatable bonds is 13. The Labute approximate surface area is 203 Å². The van der Waals surface area contributed by atoms with Gasteiger partial charge in [0, 0.05) is 17.9 Å². The molecule has 3 amide bonds. The minimum Gasteiger partial charge on any atom is -0.508 e.